The van der Waals surface area contributed by atoms with Crippen molar-refractivity contribution in [2.45, 2.75) is 44.0 Å². The minimum Gasteiger partial charge on any atom is -0.296 e. The van der Waals surface area contributed by atoms with Gasteiger partial charge < -0.3 is 0 Å². The number of sulfonamides is 1. The molecule has 106 valence electrons. The SMILES string of the molecule is Cc1nc(CN2CCC(S(=O)(=O)NC3CC3)C2)cs1. The number of hydrogen-bond donors (Lipinski definition) is 1. The molecule has 1 saturated carbocycles. The van der Waals surface area contributed by atoms with Crippen LogP contribution in [0.5, 0.6) is 0 Å². The highest BCUT2D eigenvalue weighted by Crippen LogP contribution is 2.24. The minimum atomic E-state index is -3.13. The number of rotatable bonds is 5. The van der Waals surface area contributed by atoms with Crippen LogP contribution in [0.4, 0.5) is 0 Å². The van der Waals surface area contributed by atoms with E-state index in [1.165, 1.54) is 0 Å². The summed E-state index contributed by atoms with van der Waals surface area (Å²) in [5, 5.41) is 2.86. The summed E-state index contributed by atoms with van der Waals surface area (Å²) in [5.41, 5.74) is 1.05. The van der Waals surface area contributed by atoms with Gasteiger partial charge in [0.25, 0.3) is 0 Å². The van der Waals surface area contributed by atoms with Gasteiger partial charge in [-0.2, -0.15) is 0 Å². The zero-order chi connectivity index (χ0) is 13.5. The lowest BCUT2D eigenvalue weighted by atomic mass is 10.4. The van der Waals surface area contributed by atoms with E-state index in [-0.39, 0.29) is 11.3 Å². The van der Waals surface area contributed by atoms with Crippen molar-refractivity contribution in [3.63, 3.8) is 0 Å². The fourth-order valence-electron chi connectivity index (χ4n) is 2.43. The van der Waals surface area contributed by atoms with Gasteiger partial charge in [0.1, 0.15) is 0 Å². The van der Waals surface area contributed by atoms with Crippen LogP contribution in [0.3, 0.4) is 0 Å². The molecular formula is C12H19N3O2S2. The third kappa shape index (κ3) is 3.34. The molecule has 0 bridgehead atoms. The van der Waals surface area contributed by atoms with Crippen LogP contribution in [-0.2, 0) is 16.6 Å². The van der Waals surface area contributed by atoms with Crippen LogP contribution in [0.15, 0.2) is 5.38 Å². The monoisotopic (exact) mass is 301 g/mol. The molecule has 19 heavy (non-hydrogen) atoms. The minimum absolute atomic E-state index is 0.209. The van der Waals surface area contributed by atoms with Gasteiger partial charge in [0, 0.05) is 24.5 Å². The third-order valence-corrected chi connectivity index (χ3v) is 6.38. The van der Waals surface area contributed by atoms with Crippen LogP contribution < -0.4 is 4.72 Å². The molecule has 1 saturated heterocycles. The molecule has 1 atom stereocenters. The molecule has 0 amide bonds. The molecule has 3 rings (SSSR count). The van der Waals surface area contributed by atoms with Crippen molar-refractivity contribution in [2.75, 3.05) is 13.1 Å². The van der Waals surface area contributed by atoms with E-state index in [9.17, 15) is 8.42 Å². The van der Waals surface area contributed by atoms with E-state index in [1.54, 1.807) is 11.3 Å². The normalized spacial score (nSPS) is 25.0. The Kier molecular flexibility index (Phi) is 3.63. The third-order valence-electron chi connectivity index (χ3n) is 3.63. The Hall–Kier alpha value is -0.500. The molecule has 1 aromatic heterocycles. The largest absolute Gasteiger partial charge is 0.296 e. The summed E-state index contributed by atoms with van der Waals surface area (Å²) in [6, 6.07) is 0.209. The summed E-state index contributed by atoms with van der Waals surface area (Å²) < 4.78 is 27.1. The molecule has 2 heterocycles. The molecule has 1 unspecified atom stereocenters. The highest BCUT2D eigenvalue weighted by molar-refractivity contribution is 7.90. The predicted molar refractivity (Wildman–Crippen MR) is 75.6 cm³/mol. The van der Waals surface area contributed by atoms with Gasteiger partial charge in [0.2, 0.25) is 10.0 Å². The van der Waals surface area contributed by atoms with E-state index < -0.39 is 10.0 Å². The summed E-state index contributed by atoms with van der Waals surface area (Å²) in [6.45, 7) is 4.22. The maximum Gasteiger partial charge on any atom is 0.216 e. The topological polar surface area (TPSA) is 62.3 Å². The first-order valence-corrected chi connectivity index (χ1v) is 9.10. The van der Waals surface area contributed by atoms with Crippen molar-refractivity contribution in [1.29, 1.82) is 0 Å². The second kappa shape index (κ2) is 5.12. The summed E-state index contributed by atoms with van der Waals surface area (Å²) >= 11 is 1.64. The van der Waals surface area contributed by atoms with E-state index in [2.05, 4.69) is 20.0 Å². The molecular weight excluding hydrogens is 282 g/mol. The number of aryl methyl sites for hydroxylation is 1. The fourth-order valence-corrected chi connectivity index (χ4v) is 4.75. The smallest absolute Gasteiger partial charge is 0.216 e. The average molecular weight is 301 g/mol. The standard InChI is InChI=1S/C12H19N3O2S2/c1-9-13-11(8-18-9)6-15-5-4-12(7-15)19(16,17)14-10-2-3-10/h8,10,12,14H,2-7H2,1H3. The van der Waals surface area contributed by atoms with Crippen LogP contribution in [0.2, 0.25) is 0 Å². The van der Waals surface area contributed by atoms with Crippen LogP contribution >= 0.6 is 11.3 Å². The molecule has 1 N–H and O–H groups in total. The van der Waals surface area contributed by atoms with Gasteiger partial charge in [-0.25, -0.2) is 18.1 Å². The van der Waals surface area contributed by atoms with Crippen molar-refractivity contribution in [3.05, 3.63) is 16.1 Å². The highest BCUT2D eigenvalue weighted by atomic mass is 32.2. The summed E-state index contributed by atoms with van der Waals surface area (Å²) in [5.74, 6) is 0. The summed E-state index contributed by atoms with van der Waals surface area (Å²) in [4.78, 5) is 6.62. The van der Waals surface area contributed by atoms with Crippen LogP contribution in [0.25, 0.3) is 0 Å². The number of likely N-dealkylation sites (tertiary alicyclic amines) is 1. The van der Waals surface area contributed by atoms with Gasteiger partial charge in [-0.1, -0.05) is 0 Å². The van der Waals surface area contributed by atoms with E-state index >= 15 is 0 Å². The first-order valence-electron chi connectivity index (χ1n) is 6.67. The molecule has 0 spiro atoms. The molecule has 1 aliphatic carbocycles. The molecule has 0 aromatic carbocycles. The second-order valence-corrected chi connectivity index (χ2v) is 8.50. The van der Waals surface area contributed by atoms with Gasteiger partial charge in [0.05, 0.1) is 16.0 Å². The first kappa shape index (κ1) is 13.5. The number of nitrogens with one attached hydrogen (secondary N) is 1. The fraction of sp³-hybridized carbons (Fsp3) is 0.750. The molecule has 7 heteroatoms. The van der Waals surface area contributed by atoms with E-state index in [4.69, 9.17) is 0 Å². The zero-order valence-corrected chi connectivity index (χ0v) is 12.6. The van der Waals surface area contributed by atoms with Crippen molar-refractivity contribution in [1.82, 2.24) is 14.6 Å². The Bertz CT molecular complexity index is 551. The van der Waals surface area contributed by atoms with Crippen molar-refractivity contribution >= 4 is 21.4 Å². The molecule has 1 aliphatic heterocycles. The Morgan fingerprint density at radius 3 is 2.89 bits per heavy atom. The van der Waals surface area contributed by atoms with Gasteiger partial charge in [-0.05, 0) is 32.7 Å². The maximum absolute atomic E-state index is 12.1. The molecule has 2 fully saturated rings. The Balaban J connectivity index is 1.57. The lowest BCUT2D eigenvalue weighted by Gasteiger charge is -2.15. The molecule has 2 aliphatic rings. The molecule has 1 aromatic rings. The second-order valence-electron chi connectivity index (χ2n) is 5.44. The Labute approximate surface area is 118 Å². The van der Waals surface area contributed by atoms with Crippen molar-refractivity contribution in [2.24, 2.45) is 0 Å². The van der Waals surface area contributed by atoms with Gasteiger partial charge in [-0.3, -0.25) is 4.90 Å². The van der Waals surface area contributed by atoms with Crippen LogP contribution in [0.1, 0.15) is 30.0 Å². The zero-order valence-electron chi connectivity index (χ0n) is 11.0. The lowest BCUT2D eigenvalue weighted by Crippen LogP contribution is -2.37. The number of nitrogens with zero attached hydrogens (tertiary/aromatic N) is 2. The van der Waals surface area contributed by atoms with Gasteiger partial charge >= 0.3 is 0 Å². The van der Waals surface area contributed by atoms with Crippen molar-refractivity contribution < 1.29 is 8.42 Å². The summed E-state index contributed by atoms with van der Waals surface area (Å²) in [6.07, 6.45) is 2.71. The van der Waals surface area contributed by atoms with Gasteiger partial charge in [-0.15, -0.1) is 11.3 Å². The van der Waals surface area contributed by atoms with E-state index in [1.807, 2.05) is 6.92 Å². The molecule has 0 radical (unpaired) electrons. The van der Waals surface area contributed by atoms with Crippen molar-refractivity contribution in [3.8, 4) is 0 Å². The lowest BCUT2D eigenvalue weighted by molar-refractivity contribution is 0.327. The van der Waals surface area contributed by atoms with E-state index in [0.717, 1.165) is 43.1 Å². The average Bonchev–Trinajstić information content (AvgIpc) is 2.86. The maximum atomic E-state index is 12.1. The summed E-state index contributed by atoms with van der Waals surface area (Å²) in [7, 11) is -3.13. The highest BCUT2D eigenvalue weighted by Gasteiger charge is 2.36. The number of thiazole rings is 1. The van der Waals surface area contributed by atoms with Gasteiger partial charge in [0.15, 0.2) is 0 Å². The van der Waals surface area contributed by atoms with E-state index in [0.29, 0.717) is 6.54 Å². The number of hydrogen-bond acceptors (Lipinski definition) is 5. The predicted octanol–water partition coefficient (Wildman–Crippen LogP) is 1.11. The van der Waals surface area contributed by atoms with Crippen LogP contribution in [-0.4, -0.2) is 42.7 Å². The molecule has 5 nitrogen and oxygen atoms in total. The Morgan fingerprint density at radius 2 is 2.26 bits per heavy atom. The first-order chi connectivity index (χ1) is 9.03. The quantitative estimate of drug-likeness (QED) is 0.885. The number of aromatic nitrogens is 1. The van der Waals surface area contributed by atoms with Crippen LogP contribution in [0, 0.1) is 6.92 Å². The Morgan fingerprint density at radius 1 is 1.47 bits per heavy atom.